The van der Waals surface area contributed by atoms with E-state index in [1.165, 1.54) is 12.8 Å². The van der Waals surface area contributed by atoms with Gasteiger partial charge in [0, 0.05) is 19.3 Å². The maximum absolute atomic E-state index is 12.0. The molecular weight excluding hydrogens is 272 g/mol. The van der Waals surface area contributed by atoms with Crippen LogP contribution >= 0.6 is 12.2 Å². The van der Waals surface area contributed by atoms with E-state index < -0.39 is 0 Å². The van der Waals surface area contributed by atoms with E-state index in [4.69, 9.17) is 12.2 Å². The SMILES string of the molecule is CC1NC(=S)N(Cc2ccnc(N3CCCC3)c2)C1=O. The molecule has 0 radical (unpaired) electrons. The van der Waals surface area contributed by atoms with Gasteiger partial charge in [-0.1, -0.05) is 0 Å². The van der Waals surface area contributed by atoms with E-state index in [1.54, 1.807) is 4.90 Å². The van der Waals surface area contributed by atoms with Crippen molar-refractivity contribution in [1.82, 2.24) is 15.2 Å². The van der Waals surface area contributed by atoms with Gasteiger partial charge in [-0.15, -0.1) is 0 Å². The van der Waals surface area contributed by atoms with Gasteiger partial charge in [-0.05, 0) is 49.7 Å². The molecule has 20 heavy (non-hydrogen) atoms. The average Bonchev–Trinajstić information content (AvgIpc) is 3.05. The third-order valence-corrected chi connectivity index (χ3v) is 4.14. The minimum atomic E-state index is -0.220. The highest BCUT2D eigenvalue weighted by Gasteiger charge is 2.32. The number of pyridine rings is 1. The normalized spacial score (nSPS) is 22.6. The van der Waals surface area contributed by atoms with Crippen molar-refractivity contribution < 1.29 is 4.79 Å². The highest BCUT2D eigenvalue weighted by Crippen LogP contribution is 2.20. The molecule has 1 unspecified atom stereocenters. The van der Waals surface area contributed by atoms with Gasteiger partial charge >= 0.3 is 0 Å². The molecule has 0 spiro atoms. The van der Waals surface area contributed by atoms with E-state index in [0.717, 1.165) is 24.5 Å². The van der Waals surface area contributed by atoms with Crippen molar-refractivity contribution in [2.45, 2.75) is 32.4 Å². The number of carbonyl (C=O) groups excluding carboxylic acids is 1. The molecule has 0 saturated carbocycles. The van der Waals surface area contributed by atoms with Crippen LogP contribution in [0.25, 0.3) is 0 Å². The third kappa shape index (κ3) is 2.47. The predicted octanol–water partition coefficient (Wildman–Crippen LogP) is 1.29. The lowest BCUT2D eigenvalue weighted by Gasteiger charge is -2.19. The Balaban J connectivity index is 1.76. The van der Waals surface area contributed by atoms with Crippen LogP contribution in [0.2, 0.25) is 0 Å². The molecule has 2 aliphatic heterocycles. The van der Waals surface area contributed by atoms with Gasteiger partial charge in [0.15, 0.2) is 5.11 Å². The molecule has 2 fully saturated rings. The van der Waals surface area contributed by atoms with E-state index in [1.807, 2.05) is 19.2 Å². The van der Waals surface area contributed by atoms with Crippen LogP contribution < -0.4 is 10.2 Å². The van der Waals surface area contributed by atoms with Crippen molar-refractivity contribution in [2.75, 3.05) is 18.0 Å². The molecule has 3 rings (SSSR count). The Morgan fingerprint density at radius 1 is 1.45 bits per heavy atom. The minimum Gasteiger partial charge on any atom is -0.357 e. The van der Waals surface area contributed by atoms with Gasteiger partial charge in [0.1, 0.15) is 11.9 Å². The van der Waals surface area contributed by atoms with E-state index in [9.17, 15) is 4.79 Å². The summed E-state index contributed by atoms with van der Waals surface area (Å²) in [5, 5.41) is 3.50. The van der Waals surface area contributed by atoms with Crippen LogP contribution in [-0.4, -0.2) is 40.0 Å². The molecule has 0 bridgehead atoms. The standard InChI is InChI=1S/C14H18N4OS/c1-10-13(19)18(14(20)16-10)9-11-4-5-15-12(8-11)17-6-2-3-7-17/h4-5,8,10H,2-3,6-7,9H2,1H3,(H,16,20). The van der Waals surface area contributed by atoms with Crippen LogP contribution in [-0.2, 0) is 11.3 Å². The van der Waals surface area contributed by atoms with Gasteiger partial charge in [0.25, 0.3) is 5.91 Å². The number of nitrogens with zero attached hydrogens (tertiary/aromatic N) is 3. The maximum atomic E-state index is 12.0. The van der Waals surface area contributed by atoms with Crippen LogP contribution in [0.1, 0.15) is 25.3 Å². The Labute approximate surface area is 124 Å². The number of hydrogen-bond donors (Lipinski definition) is 1. The minimum absolute atomic E-state index is 0.0366. The first kappa shape index (κ1) is 13.3. The molecule has 5 nitrogen and oxygen atoms in total. The quantitative estimate of drug-likeness (QED) is 0.850. The van der Waals surface area contributed by atoms with Crippen molar-refractivity contribution in [3.05, 3.63) is 23.9 Å². The fourth-order valence-corrected chi connectivity index (χ4v) is 3.00. The Morgan fingerprint density at radius 3 is 2.85 bits per heavy atom. The molecule has 6 heteroatoms. The second-order valence-corrected chi connectivity index (χ2v) is 5.70. The topological polar surface area (TPSA) is 48.5 Å². The van der Waals surface area contributed by atoms with Gasteiger partial charge in [0.05, 0.1) is 6.54 Å². The van der Waals surface area contributed by atoms with Crippen molar-refractivity contribution >= 4 is 29.1 Å². The summed E-state index contributed by atoms with van der Waals surface area (Å²) in [7, 11) is 0. The van der Waals surface area contributed by atoms with Crippen LogP contribution in [0.15, 0.2) is 18.3 Å². The number of thiocarbonyl (C=S) groups is 1. The number of hydrogen-bond acceptors (Lipinski definition) is 4. The first-order chi connectivity index (χ1) is 9.65. The summed E-state index contributed by atoms with van der Waals surface area (Å²) in [5.41, 5.74) is 1.06. The zero-order valence-electron chi connectivity index (χ0n) is 11.5. The van der Waals surface area contributed by atoms with E-state index in [2.05, 4.69) is 21.3 Å². The summed E-state index contributed by atoms with van der Waals surface area (Å²) in [5.74, 6) is 1.04. The summed E-state index contributed by atoms with van der Waals surface area (Å²) < 4.78 is 0. The monoisotopic (exact) mass is 290 g/mol. The van der Waals surface area contributed by atoms with Gasteiger partial charge in [-0.25, -0.2) is 4.98 Å². The van der Waals surface area contributed by atoms with E-state index in [-0.39, 0.29) is 11.9 Å². The van der Waals surface area contributed by atoms with E-state index >= 15 is 0 Å². The van der Waals surface area contributed by atoms with Crippen molar-refractivity contribution in [2.24, 2.45) is 0 Å². The Bertz CT molecular complexity index is 542. The lowest BCUT2D eigenvalue weighted by atomic mass is 10.2. The highest BCUT2D eigenvalue weighted by molar-refractivity contribution is 7.80. The third-order valence-electron chi connectivity index (χ3n) is 3.80. The molecule has 1 amide bonds. The Kier molecular flexibility index (Phi) is 3.56. The molecule has 0 aromatic carbocycles. The van der Waals surface area contributed by atoms with Crippen LogP contribution in [0.4, 0.5) is 5.82 Å². The summed E-state index contributed by atoms with van der Waals surface area (Å²) in [6.45, 7) is 4.47. The number of rotatable bonds is 3. The fourth-order valence-electron chi connectivity index (χ4n) is 2.67. The van der Waals surface area contributed by atoms with Crippen LogP contribution in [0, 0.1) is 0 Å². The molecule has 1 aromatic heterocycles. The fraction of sp³-hybridized carbons (Fsp3) is 0.500. The molecule has 106 valence electrons. The lowest BCUT2D eigenvalue weighted by molar-refractivity contribution is -0.127. The largest absolute Gasteiger partial charge is 0.357 e. The van der Waals surface area contributed by atoms with Crippen molar-refractivity contribution in [3.63, 3.8) is 0 Å². The number of anilines is 1. The zero-order valence-corrected chi connectivity index (χ0v) is 12.3. The van der Waals surface area contributed by atoms with Crippen LogP contribution in [0.5, 0.6) is 0 Å². The molecule has 2 saturated heterocycles. The van der Waals surface area contributed by atoms with Gasteiger partial charge in [0.2, 0.25) is 0 Å². The van der Waals surface area contributed by atoms with Crippen LogP contribution in [0.3, 0.4) is 0 Å². The van der Waals surface area contributed by atoms with Gasteiger partial charge in [-0.2, -0.15) is 0 Å². The molecule has 1 N–H and O–H groups in total. The molecule has 3 heterocycles. The summed E-state index contributed by atoms with van der Waals surface area (Å²) in [6, 6.07) is 3.78. The number of amides is 1. The smallest absolute Gasteiger partial charge is 0.251 e. The van der Waals surface area contributed by atoms with E-state index in [0.29, 0.717) is 11.7 Å². The average molecular weight is 290 g/mol. The maximum Gasteiger partial charge on any atom is 0.251 e. The predicted molar refractivity (Wildman–Crippen MR) is 81.4 cm³/mol. The van der Waals surface area contributed by atoms with Gasteiger partial charge < -0.3 is 10.2 Å². The van der Waals surface area contributed by atoms with Crippen molar-refractivity contribution in [3.8, 4) is 0 Å². The molecular formula is C14H18N4OS. The Hall–Kier alpha value is -1.69. The molecule has 0 aliphatic carbocycles. The zero-order chi connectivity index (χ0) is 14.1. The first-order valence-corrected chi connectivity index (χ1v) is 7.38. The van der Waals surface area contributed by atoms with Gasteiger partial charge in [-0.3, -0.25) is 9.69 Å². The highest BCUT2D eigenvalue weighted by atomic mass is 32.1. The summed E-state index contributed by atoms with van der Waals surface area (Å²) in [6.07, 6.45) is 4.26. The second-order valence-electron chi connectivity index (χ2n) is 5.31. The lowest BCUT2D eigenvalue weighted by Crippen LogP contribution is -2.30. The first-order valence-electron chi connectivity index (χ1n) is 6.97. The van der Waals surface area contributed by atoms with Crippen molar-refractivity contribution in [1.29, 1.82) is 0 Å². The molecule has 1 aromatic rings. The summed E-state index contributed by atoms with van der Waals surface area (Å²) in [4.78, 5) is 20.3. The molecule has 1 atom stereocenters. The second kappa shape index (κ2) is 5.36. The summed E-state index contributed by atoms with van der Waals surface area (Å²) >= 11 is 5.20. The Morgan fingerprint density at radius 2 is 2.20 bits per heavy atom. The number of nitrogens with one attached hydrogen (secondary N) is 1. The number of aromatic nitrogens is 1. The number of carbonyl (C=O) groups is 1. The molecule has 2 aliphatic rings.